The van der Waals surface area contributed by atoms with Crippen molar-refractivity contribution in [1.82, 2.24) is 13.9 Å². The fraction of sp³-hybridized carbons (Fsp3) is 0.231. The first-order valence-electron chi connectivity index (χ1n) is 11.3. The molecule has 0 N–H and O–H groups in total. The monoisotopic (exact) mass is 553 g/mol. The largest absolute Gasteiger partial charge is 0.381 e. The number of ether oxygens (including phenoxy) is 1. The second-order valence-corrected chi connectivity index (χ2v) is 11.4. The summed E-state index contributed by atoms with van der Waals surface area (Å²) in [5.74, 6) is 0.314. The Balaban J connectivity index is 1.50. The zero-order valence-electron chi connectivity index (χ0n) is 19.1. The molecule has 0 spiro atoms. The minimum absolute atomic E-state index is 0.0538. The van der Waals surface area contributed by atoms with Gasteiger partial charge in [-0.05, 0) is 58.2 Å². The minimum atomic E-state index is -3.84. The molecule has 35 heavy (non-hydrogen) atoms. The summed E-state index contributed by atoms with van der Waals surface area (Å²) in [7, 11) is -2.04. The fourth-order valence-corrected chi connectivity index (χ4v) is 6.06. The molecule has 1 aliphatic rings. The Hall–Kier alpha value is -3.01. The summed E-state index contributed by atoms with van der Waals surface area (Å²) in [6, 6.07) is 17.4. The molecule has 1 aliphatic heterocycles. The number of carbonyl (C=O) groups excluding carboxylic acids is 1. The lowest BCUT2D eigenvalue weighted by Crippen LogP contribution is -2.32. The average molecular weight is 554 g/mol. The van der Waals surface area contributed by atoms with Crippen LogP contribution < -0.4 is 0 Å². The van der Waals surface area contributed by atoms with E-state index in [9.17, 15) is 13.2 Å². The van der Waals surface area contributed by atoms with Gasteiger partial charge in [-0.25, -0.2) is 17.4 Å². The second-order valence-electron chi connectivity index (χ2n) is 8.67. The van der Waals surface area contributed by atoms with Crippen LogP contribution in [0.4, 0.5) is 0 Å². The Labute approximate surface area is 212 Å². The zero-order valence-corrected chi connectivity index (χ0v) is 21.5. The maximum Gasteiger partial charge on any atom is 0.269 e. The van der Waals surface area contributed by atoms with Crippen molar-refractivity contribution in [2.24, 2.45) is 5.92 Å². The molecule has 1 fully saturated rings. The standard InChI is InChI=1S/C26H24BrN3O4S/c1-29(15-18-11-12-34-17-18)26(31)20-9-7-19(8-10-20)24-16-30(25-23(24)13-21(27)14-28-25)35(32,33)22-5-3-2-4-6-22/h2-10,13-14,16,18H,11-12,15,17H2,1H3/t18-/m1/s1. The summed E-state index contributed by atoms with van der Waals surface area (Å²) in [5.41, 5.74) is 2.42. The van der Waals surface area contributed by atoms with Gasteiger partial charge in [-0.15, -0.1) is 0 Å². The Kier molecular flexibility index (Phi) is 6.48. The molecule has 0 radical (unpaired) electrons. The first-order valence-corrected chi connectivity index (χ1v) is 13.5. The van der Waals surface area contributed by atoms with Gasteiger partial charge in [-0.3, -0.25) is 4.79 Å². The number of carbonyl (C=O) groups is 1. The molecule has 180 valence electrons. The third-order valence-electron chi connectivity index (χ3n) is 6.22. The van der Waals surface area contributed by atoms with Crippen LogP contribution in [0.5, 0.6) is 0 Å². The zero-order chi connectivity index (χ0) is 24.6. The fourth-order valence-electron chi connectivity index (χ4n) is 4.38. The lowest BCUT2D eigenvalue weighted by atomic mass is 10.0. The van der Waals surface area contributed by atoms with E-state index in [4.69, 9.17) is 4.74 Å². The molecule has 0 saturated carbocycles. The highest BCUT2D eigenvalue weighted by Crippen LogP contribution is 2.34. The van der Waals surface area contributed by atoms with E-state index in [1.165, 1.54) is 3.97 Å². The van der Waals surface area contributed by atoms with Crippen molar-refractivity contribution in [3.05, 3.63) is 83.1 Å². The van der Waals surface area contributed by atoms with E-state index in [1.807, 2.05) is 18.2 Å². The molecule has 5 rings (SSSR count). The molecule has 9 heteroatoms. The molecular weight excluding hydrogens is 530 g/mol. The van der Waals surface area contributed by atoms with Gasteiger partial charge >= 0.3 is 0 Å². The number of amides is 1. The lowest BCUT2D eigenvalue weighted by molar-refractivity contribution is 0.0766. The van der Waals surface area contributed by atoms with Gasteiger partial charge in [0.25, 0.3) is 15.9 Å². The number of fused-ring (bicyclic) bond motifs is 1. The molecule has 7 nitrogen and oxygen atoms in total. The van der Waals surface area contributed by atoms with Gasteiger partial charge in [-0.1, -0.05) is 30.3 Å². The van der Waals surface area contributed by atoms with Gasteiger partial charge in [0, 0.05) is 59.5 Å². The predicted octanol–water partition coefficient (Wildman–Crippen LogP) is 4.81. The summed E-state index contributed by atoms with van der Waals surface area (Å²) in [6.07, 6.45) is 4.14. The molecule has 2 aromatic carbocycles. The topological polar surface area (TPSA) is 81.5 Å². The number of pyridine rings is 1. The summed E-state index contributed by atoms with van der Waals surface area (Å²) < 4.78 is 34.2. The first kappa shape index (κ1) is 23.7. The van der Waals surface area contributed by atoms with Crippen molar-refractivity contribution in [1.29, 1.82) is 0 Å². The van der Waals surface area contributed by atoms with Gasteiger partial charge in [0.05, 0.1) is 11.5 Å². The number of halogens is 1. The normalized spacial score (nSPS) is 16.0. The van der Waals surface area contributed by atoms with Crippen LogP contribution in [0.1, 0.15) is 16.8 Å². The third kappa shape index (κ3) is 4.63. The molecule has 3 heterocycles. The Morgan fingerprint density at radius 2 is 1.91 bits per heavy atom. The maximum absolute atomic E-state index is 13.4. The number of hydrogen-bond donors (Lipinski definition) is 0. The highest BCUT2D eigenvalue weighted by Gasteiger charge is 2.24. The SMILES string of the molecule is CN(C[C@H]1CCOC1)C(=O)c1ccc(-c2cn(S(=O)(=O)c3ccccc3)c3ncc(Br)cc23)cc1. The first-order chi connectivity index (χ1) is 16.8. The minimum Gasteiger partial charge on any atom is -0.381 e. The van der Waals surface area contributed by atoms with E-state index in [1.54, 1.807) is 66.8 Å². The summed E-state index contributed by atoms with van der Waals surface area (Å²) in [6.45, 7) is 2.10. The Morgan fingerprint density at radius 3 is 2.60 bits per heavy atom. The number of benzene rings is 2. The second kappa shape index (κ2) is 9.56. The van der Waals surface area contributed by atoms with Crippen LogP contribution in [0.2, 0.25) is 0 Å². The van der Waals surface area contributed by atoms with E-state index < -0.39 is 10.0 Å². The number of hydrogen-bond acceptors (Lipinski definition) is 5. The third-order valence-corrected chi connectivity index (χ3v) is 8.32. The van der Waals surface area contributed by atoms with E-state index in [-0.39, 0.29) is 10.8 Å². The molecule has 0 aliphatic carbocycles. The predicted molar refractivity (Wildman–Crippen MR) is 138 cm³/mol. The van der Waals surface area contributed by atoms with Crippen LogP contribution in [-0.4, -0.2) is 55.0 Å². The van der Waals surface area contributed by atoms with Crippen molar-refractivity contribution in [3.8, 4) is 11.1 Å². The van der Waals surface area contributed by atoms with Crippen LogP contribution in [0.3, 0.4) is 0 Å². The highest BCUT2D eigenvalue weighted by atomic mass is 79.9. The van der Waals surface area contributed by atoms with Gasteiger partial charge in [0.1, 0.15) is 0 Å². The smallest absolute Gasteiger partial charge is 0.269 e. The number of rotatable bonds is 6. The van der Waals surface area contributed by atoms with Crippen LogP contribution >= 0.6 is 15.9 Å². The molecule has 1 amide bonds. The molecule has 1 atom stereocenters. The van der Waals surface area contributed by atoms with Crippen LogP contribution in [-0.2, 0) is 14.8 Å². The van der Waals surface area contributed by atoms with Crippen LogP contribution in [0, 0.1) is 5.92 Å². The highest BCUT2D eigenvalue weighted by molar-refractivity contribution is 9.10. The van der Waals surface area contributed by atoms with Crippen molar-refractivity contribution in [2.45, 2.75) is 11.3 Å². The average Bonchev–Trinajstić information content (AvgIpc) is 3.52. The quantitative estimate of drug-likeness (QED) is 0.342. The van der Waals surface area contributed by atoms with Crippen molar-refractivity contribution >= 4 is 42.9 Å². The van der Waals surface area contributed by atoms with Gasteiger partial charge in [0.2, 0.25) is 0 Å². The van der Waals surface area contributed by atoms with E-state index in [0.29, 0.717) is 41.2 Å². The van der Waals surface area contributed by atoms with Crippen molar-refractivity contribution < 1.29 is 17.9 Å². The molecule has 1 saturated heterocycles. The van der Waals surface area contributed by atoms with Gasteiger partial charge in [0.15, 0.2) is 5.65 Å². The summed E-state index contributed by atoms with van der Waals surface area (Å²) >= 11 is 3.45. The van der Waals surface area contributed by atoms with Crippen molar-refractivity contribution in [2.75, 3.05) is 26.8 Å². The van der Waals surface area contributed by atoms with Crippen LogP contribution in [0.25, 0.3) is 22.2 Å². The van der Waals surface area contributed by atoms with Crippen LogP contribution in [0.15, 0.2) is 82.4 Å². The Bertz CT molecular complexity index is 1480. The maximum atomic E-state index is 13.4. The Morgan fingerprint density at radius 1 is 1.17 bits per heavy atom. The molecule has 4 aromatic rings. The summed E-state index contributed by atoms with van der Waals surface area (Å²) in [5, 5.41) is 0.691. The number of aromatic nitrogens is 2. The van der Waals surface area contributed by atoms with E-state index >= 15 is 0 Å². The number of nitrogens with zero attached hydrogens (tertiary/aromatic N) is 3. The van der Waals surface area contributed by atoms with E-state index in [0.717, 1.165) is 23.1 Å². The molecule has 2 aromatic heterocycles. The van der Waals surface area contributed by atoms with E-state index in [2.05, 4.69) is 20.9 Å². The summed E-state index contributed by atoms with van der Waals surface area (Å²) in [4.78, 5) is 19.2. The van der Waals surface area contributed by atoms with Gasteiger partial charge in [-0.2, -0.15) is 0 Å². The molecular formula is C26H24BrN3O4S. The lowest BCUT2D eigenvalue weighted by Gasteiger charge is -2.20. The van der Waals surface area contributed by atoms with Gasteiger partial charge < -0.3 is 9.64 Å². The van der Waals surface area contributed by atoms with Crippen molar-refractivity contribution in [3.63, 3.8) is 0 Å². The molecule has 0 unspecified atom stereocenters. The molecule has 0 bridgehead atoms.